The lowest BCUT2D eigenvalue weighted by molar-refractivity contribution is -0.127. The second-order valence-electron chi connectivity index (χ2n) is 5.65. The van der Waals surface area contributed by atoms with E-state index < -0.39 is 29.1 Å². The Morgan fingerprint density at radius 3 is 2.52 bits per heavy atom. The highest BCUT2D eigenvalue weighted by molar-refractivity contribution is 6.67. The number of hydrogen-bond acceptors (Lipinski definition) is 3. The molecule has 0 atom stereocenters. The molecule has 0 aromatic carbocycles. The lowest BCUT2D eigenvalue weighted by Gasteiger charge is -2.19. The van der Waals surface area contributed by atoms with E-state index in [0.29, 0.717) is 29.8 Å². The second kappa shape index (κ2) is 7.76. The highest BCUT2D eigenvalue weighted by Gasteiger charge is 2.33. The summed E-state index contributed by atoms with van der Waals surface area (Å²) < 4.78 is 41.6. The second-order valence-corrected chi connectivity index (χ2v) is 8.17. The number of aromatic nitrogens is 1. The van der Waals surface area contributed by atoms with E-state index in [2.05, 4.69) is 10.3 Å². The minimum atomic E-state index is -4.39. The van der Waals surface area contributed by atoms with E-state index in [-0.39, 0.29) is 12.1 Å². The molecule has 1 amide bonds. The molecule has 0 saturated heterocycles. The minimum absolute atomic E-state index is 0.0765. The van der Waals surface area contributed by atoms with E-state index in [4.69, 9.17) is 39.5 Å². The molecule has 10 heteroatoms. The average Bonchev–Trinajstić information content (AvgIpc) is 2.91. The van der Waals surface area contributed by atoms with Crippen molar-refractivity contribution in [3.8, 4) is 0 Å². The zero-order valence-corrected chi connectivity index (χ0v) is 15.5. The van der Waals surface area contributed by atoms with Crippen LogP contribution in [0.25, 0.3) is 0 Å². The van der Waals surface area contributed by atoms with Crippen molar-refractivity contribution in [2.75, 3.05) is 11.9 Å². The molecule has 0 saturated carbocycles. The molecule has 1 aromatic rings. The largest absolute Gasteiger partial charge is 0.445 e. The van der Waals surface area contributed by atoms with E-state index in [0.717, 1.165) is 12.0 Å². The monoisotopic (exact) mass is 418 g/mol. The third kappa shape index (κ3) is 5.79. The van der Waals surface area contributed by atoms with Gasteiger partial charge in [-0.1, -0.05) is 41.7 Å². The van der Waals surface area contributed by atoms with Crippen LogP contribution >= 0.6 is 34.8 Å². The van der Waals surface area contributed by atoms with Gasteiger partial charge in [-0.05, 0) is 36.8 Å². The van der Waals surface area contributed by atoms with Gasteiger partial charge in [0, 0.05) is 5.69 Å². The van der Waals surface area contributed by atoms with Crippen LogP contribution < -0.4 is 5.32 Å². The smallest absolute Gasteiger partial charge is 0.411 e. The number of fused-ring (bicyclic) bond motifs is 1. The molecule has 1 heterocycles. The molecule has 140 valence electrons. The number of carbonyl (C=O) groups is 1. The number of rotatable bonds is 4. The van der Waals surface area contributed by atoms with Gasteiger partial charge in [0.05, 0.1) is 17.8 Å². The molecule has 1 aromatic heterocycles. The van der Waals surface area contributed by atoms with Crippen molar-refractivity contribution in [3.63, 3.8) is 0 Å². The molecule has 4 nitrogen and oxygen atoms in total. The van der Waals surface area contributed by atoms with Gasteiger partial charge < -0.3 is 4.74 Å². The number of pyridine rings is 1. The van der Waals surface area contributed by atoms with Gasteiger partial charge in [0.25, 0.3) is 0 Å². The van der Waals surface area contributed by atoms with Gasteiger partial charge in [0.2, 0.25) is 3.79 Å². The number of aryl methyl sites for hydroxylation is 1. The number of nitrogens with one attached hydrogen (secondary N) is 1. The summed E-state index contributed by atoms with van der Waals surface area (Å²) in [7, 11) is 0. The van der Waals surface area contributed by atoms with Crippen LogP contribution in [0.1, 0.15) is 35.9 Å². The summed E-state index contributed by atoms with van der Waals surface area (Å²) >= 11 is 16.6. The normalized spacial score (nSPS) is 14.4. The molecule has 1 aliphatic carbocycles. The molecular weight excluding hydrogens is 404 g/mol. The average molecular weight is 420 g/mol. The molecule has 0 fully saturated rings. The standard InChI is InChI=1S/C15H16Cl3F3N2O2/c1-2-8-11(6-15(19,20)21)22-10-5-3-4-9(10)12(8)23-13(24)25-7-14(16,17)18/h2-7H2,1H3,(H,22,23,24). The van der Waals surface area contributed by atoms with E-state index in [1.165, 1.54) is 0 Å². The third-order valence-electron chi connectivity index (χ3n) is 3.73. The van der Waals surface area contributed by atoms with Crippen LogP contribution in [0.3, 0.4) is 0 Å². The van der Waals surface area contributed by atoms with Crippen molar-refractivity contribution < 1.29 is 22.7 Å². The molecule has 1 aliphatic rings. The van der Waals surface area contributed by atoms with E-state index in [1.54, 1.807) is 6.92 Å². The van der Waals surface area contributed by atoms with Crippen LogP contribution in [0.2, 0.25) is 0 Å². The van der Waals surface area contributed by atoms with Crippen molar-refractivity contribution in [1.29, 1.82) is 0 Å². The number of alkyl halides is 6. The van der Waals surface area contributed by atoms with Gasteiger partial charge in [-0.3, -0.25) is 10.3 Å². The van der Waals surface area contributed by atoms with Crippen LogP contribution in [0.5, 0.6) is 0 Å². The van der Waals surface area contributed by atoms with Gasteiger partial charge in [-0.2, -0.15) is 13.2 Å². The predicted octanol–water partition coefficient (Wildman–Crippen LogP) is 5.16. The zero-order valence-electron chi connectivity index (χ0n) is 13.3. The number of carbonyl (C=O) groups excluding carboxylic acids is 1. The maximum absolute atomic E-state index is 12.9. The molecule has 2 rings (SSSR count). The first-order valence-corrected chi connectivity index (χ1v) is 8.74. The number of anilines is 1. The highest BCUT2D eigenvalue weighted by atomic mass is 35.6. The first-order chi connectivity index (χ1) is 11.5. The minimum Gasteiger partial charge on any atom is -0.445 e. The molecule has 1 N–H and O–H groups in total. The Hall–Kier alpha value is -0.920. The first-order valence-electron chi connectivity index (χ1n) is 7.61. The van der Waals surface area contributed by atoms with Gasteiger partial charge in [-0.25, -0.2) is 4.79 Å². The molecular formula is C15H16Cl3F3N2O2. The Morgan fingerprint density at radius 1 is 1.28 bits per heavy atom. The third-order valence-corrected chi connectivity index (χ3v) is 4.05. The van der Waals surface area contributed by atoms with Crippen molar-refractivity contribution in [2.24, 2.45) is 0 Å². The summed E-state index contributed by atoms with van der Waals surface area (Å²) in [5, 5.41) is 2.52. The van der Waals surface area contributed by atoms with Crippen LogP contribution in [-0.2, 0) is 30.4 Å². The topological polar surface area (TPSA) is 51.2 Å². The molecule has 0 spiro atoms. The molecule has 0 radical (unpaired) electrons. The Bertz CT molecular complexity index is 661. The van der Waals surface area contributed by atoms with Crippen LogP contribution in [0.15, 0.2) is 0 Å². The number of halogens is 6. The lowest BCUT2D eigenvalue weighted by Crippen LogP contribution is -2.23. The van der Waals surface area contributed by atoms with Crippen LogP contribution in [0.4, 0.5) is 23.7 Å². The fourth-order valence-electron chi connectivity index (χ4n) is 2.83. The van der Waals surface area contributed by atoms with Gasteiger partial charge >= 0.3 is 12.3 Å². The quantitative estimate of drug-likeness (QED) is 0.686. The Labute approximate surface area is 158 Å². The summed E-state index contributed by atoms with van der Waals surface area (Å²) in [5.41, 5.74) is 1.93. The molecule has 0 bridgehead atoms. The van der Waals surface area contributed by atoms with E-state index in [1.807, 2.05) is 0 Å². The highest BCUT2D eigenvalue weighted by Crippen LogP contribution is 2.35. The van der Waals surface area contributed by atoms with Crippen molar-refractivity contribution in [3.05, 3.63) is 22.5 Å². The maximum atomic E-state index is 12.9. The summed E-state index contributed by atoms with van der Waals surface area (Å²) in [5.74, 6) is 0. The molecule has 0 aliphatic heterocycles. The maximum Gasteiger partial charge on any atom is 0.411 e. The SMILES string of the molecule is CCc1c(CC(F)(F)F)nc2c(c1NC(=O)OCC(Cl)(Cl)Cl)CCC2. The van der Waals surface area contributed by atoms with Gasteiger partial charge in [0.1, 0.15) is 6.61 Å². The lowest BCUT2D eigenvalue weighted by atomic mass is 10.0. The van der Waals surface area contributed by atoms with E-state index in [9.17, 15) is 18.0 Å². The number of ether oxygens (including phenoxy) is 1. The van der Waals surface area contributed by atoms with Crippen molar-refractivity contribution in [2.45, 2.75) is 49.0 Å². The van der Waals surface area contributed by atoms with Gasteiger partial charge in [-0.15, -0.1) is 0 Å². The molecule has 0 unspecified atom stereocenters. The fraction of sp³-hybridized carbons (Fsp3) is 0.600. The zero-order chi connectivity index (χ0) is 18.8. The summed E-state index contributed by atoms with van der Waals surface area (Å²) in [6.07, 6.45) is -4.19. The van der Waals surface area contributed by atoms with Crippen LogP contribution in [-0.4, -0.2) is 27.7 Å². The van der Waals surface area contributed by atoms with E-state index >= 15 is 0 Å². The predicted molar refractivity (Wildman–Crippen MR) is 90.7 cm³/mol. The summed E-state index contributed by atoms with van der Waals surface area (Å²) in [4.78, 5) is 16.2. The Balaban J connectivity index is 2.33. The summed E-state index contributed by atoms with van der Waals surface area (Å²) in [6.45, 7) is 1.23. The van der Waals surface area contributed by atoms with Crippen LogP contribution in [0, 0.1) is 0 Å². The number of hydrogen-bond donors (Lipinski definition) is 1. The van der Waals surface area contributed by atoms with Crippen molar-refractivity contribution >= 4 is 46.6 Å². The number of nitrogens with zero attached hydrogens (tertiary/aromatic N) is 1. The summed E-state index contributed by atoms with van der Waals surface area (Å²) in [6, 6.07) is 0. The van der Waals surface area contributed by atoms with Crippen molar-refractivity contribution in [1.82, 2.24) is 4.98 Å². The Morgan fingerprint density at radius 2 is 1.96 bits per heavy atom. The number of amides is 1. The molecule has 25 heavy (non-hydrogen) atoms. The first kappa shape index (κ1) is 20.4. The Kier molecular flexibility index (Phi) is 6.33. The fourth-order valence-corrected chi connectivity index (χ4v) is 2.99. The van der Waals surface area contributed by atoms with Gasteiger partial charge in [0.15, 0.2) is 0 Å².